The molecular formula is C35H30O9Se. The van der Waals surface area contributed by atoms with Crippen LogP contribution in [0.4, 0.5) is 0 Å². The Hall–Kier alpha value is -4.76. The molecule has 0 N–H and O–H groups in total. The van der Waals surface area contributed by atoms with Gasteiger partial charge >= 0.3 is 267 Å². The van der Waals surface area contributed by atoms with Gasteiger partial charge in [-0.25, -0.2) is 0 Å². The predicted octanol–water partition coefficient (Wildman–Crippen LogP) is 5.00. The van der Waals surface area contributed by atoms with Gasteiger partial charge in [0.1, 0.15) is 0 Å². The average Bonchev–Trinajstić information content (AvgIpc) is 3.10. The van der Waals surface area contributed by atoms with Gasteiger partial charge in [-0.05, 0) is 0 Å². The summed E-state index contributed by atoms with van der Waals surface area (Å²) >= 11 is -0.324. The number of rotatable bonds is 10. The molecule has 5 rings (SSSR count). The molecule has 0 aliphatic carbocycles. The monoisotopic (exact) mass is 674 g/mol. The standard InChI is InChI=1S/C35H30O9Se/c1-45-35-30(44-34(39)26-20-12-5-13-21-26)29(43-33(38)25-18-10-4-11-19-25)28(42-32(37)24-16-8-3-9-17-24)27(41-35)22-40-31(36)23-14-6-2-7-15-23/h2-21,27-30,35H,22H2,1H3/t27-,28+,29+,30-,35+/m1/s1. The van der Waals surface area contributed by atoms with Crippen molar-refractivity contribution in [2.24, 2.45) is 0 Å². The van der Waals surface area contributed by atoms with Crippen molar-refractivity contribution >= 4 is 38.8 Å². The van der Waals surface area contributed by atoms with Gasteiger partial charge in [-0.2, -0.15) is 0 Å². The zero-order valence-corrected chi connectivity index (χ0v) is 25.9. The molecule has 1 fully saturated rings. The number of hydrogen-bond donors (Lipinski definition) is 0. The SMILES string of the molecule is C[Se][C@@H]1O[C@H](COC(=O)c2ccccc2)[C@H](OC(=O)c2ccccc2)[C@H](OC(=O)c2ccccc2)[C@H]1OC(=O)c1ccccc1. The summed E-state index contributed by atoms with van der Waals surface area (Å²) in [5.74, 6) is -0.840. The Morgan fingerprint density at radius 2 is 0.889 bits per heavy atom. The fourth-order valence-electron chi connectivity index (χ4n) is 4.72. The van der Waals surface area contributed by atoms with E-state index in [0.717, 1.165) is 0 Å². The number of benzene rings is 4. The van der Waals surface area contributed by atoms with Crippen LogP contribution in [-0.2, 0) is 23.7 Å². The van der Waals surface area contributed by atoms with Crippen molar-refractivity contribution < 1.29 is 42.9 Å². The van der Waals surface area contributed by atoms with E-state index in [1.165, 1.54) is 0 Å². The number of carbonyl (C=O) groups excluding carboxylic acids is 4. The molecule has 4 aromatic carbocycles. The second-order valence-corrected chi connectivity index (χ2v) is 11.9. The predicted molar refractivity (Wildman–Crippen MR) is 164 cm³/mol. The van der Waals surface area contributed by atoms with Gasteiger partial charge in [0, 0.05) is 0 Å². The van der Waals surface area contributed by atoms with Crippen molar-refractivity contribution in [3.8, 4) is 0 Å². The Kier molecular flexibility index (Phi) is 10.8. The Balaban J connectivity index is 1.50. The molecule has 10 heteroatoms. The van der Waals surface area contributed by atoms with Crippen molar-refractivity contribution in [2.45, 2.75) is 35.2 Å². The van der Waals surface area contributed by atoms with Gasteiger partial charge in [0.15, 0.2) is 0 Å². The van der Waals surface area contributed by atoms with E-state index in [4.69, 9.17) is 23.7 Å². The van der Waals surface area contributed by atoms with Crippen LogP contribution in [0.2, 0.25) is 5.82 Å². The van der Waals surface area contributed by atoms with Gasteiger partial charge in [0.05, 0.1) is 0 Å². The van der Waals surface area contributed by atoms with Crippen molar-refractivity contribution in [3.05, 3.63) is 144 Å². The fourth-order valence-corrected chi connectivity index (χ4v) is 6.25. The first-order valence-electron chi connectivity index (χ1n) is 14.1. The maximum atomic E-state index is 13.4. The molecule has 9 nitrogen and oxygen atoms in total. The molecule has 1 aliphatic rings. The molecule has 45 heavy (non-hydrogen) atoms. The first-order valence-corrected chi connectivity index (χ1v) is 16.8. The molecular weight excluding hydrogens is 643 g/mol. The third-order valence-corrected chi connectivity index (χ3v) is 8.74. The molecule has 0 amide bonds. The van der Waals surface area contributed by atoms with Crippen LogP contribution in [0.1, 0.15) is 41.4 Å². The summed E-state index contributed by atoms with van der Waals surface area (Å²) in [5.41, 5.74) is 1.09. The first kappa shape index (κ1) is 31.7. The Labute approximate surface area is 266 Å². The summed E-state index contributed by atoms with van der Waals surface area (Å²) in [6.45, 7) is -0.328. The first-order chi connectivity index (χ1) is 21.9. The van der Waals surface area contributed by atoms with Crippen LogP contribution >= 0.6 is 0 Å². The van der Waals surface area contributed by atoms with Gasteiger partial charge in [-0.15, -0.1) is 0 Å². The third kappa shape index (κ3) is 8.05. The zero-order chi connectivity index (χ0) is 31.6. The topological polar surface area (TPSA) is 114 Å². The molecule has 0 radical (unpaired) electrons. The molecule has 0 bridgehead atoms. The molecule has 230 valence electrons. The van der Waals surface area contributed by atoms with Crippen LogP contribution in [0.5, 0.6) is 0 Å². The number of hydrogen-bond acceptors (Lipinski definition) is 9. The minimum absolute atomic E-state index is 0.241. The van der Waals surface area contributed by atoms with E-state index in [9.17, 15) is 19.2 Å². The summed E-state index contributed by atoms with van der Waals surface area (Å²) in [6, 6.07) is 33.3. The average molecular weight is 674 g/mol. The van der Waals surface area contributed by atoms with Crippen LogP contribution in [0.25, 0.3) is 0 Å². The second-order valence-electron chi connectivity index (χ2n) is 9.95. The maximum absolute atomic E-state index is 13.4. The summed E-state index contributed by atoms with van der Waals surface area (Å²) in [6.07, 6.45) is -4.83. The molecule has 0 aromatic heterocycles. The van der Waals surface area contributed by atoms with Crippen molar-refractivity contribution in [2.75, 3.05) is 6.61 Å². The van der Waals surface area contributed by atoms with E-state index in [0.29, 0.717) is 5.56 Å². The Morgan fingerprint density at radius 3 is 1.29 bits per heavy atom. The zero-order valence-electron chi connectivity index (χ0n) is 24.2. The fraction of sp³-hybridized carbons (Fsp3) is 0.200. The number of carbonyl (C=O) groups is 4. The van der Waals surface area contributed by atoms with Crippen LogP contribution in [0.3, 0.4) is 0 Å². The Morgan fingerprint density at radius 1 is 0.533 bits per heavy atom. The van der Waals surface area contributed by atoms with Gasteiger partial charge in [-0.3, -0.25) is 0 Å². The van der Waals surface area contributed by atoms with Gasteiger partial charge < -0.3 is 0 Å². The second kappa shape index (κ2) is 15.3. The molecule has 1 saturated heterocycles. The molecule has 0 spiro atoms. The number of esters is 4. The minimum atomic E-state index is -1.32. The summed E-state index contributed by atoms with van der Waals surface area (Å²) < 4.78 is 29.9. The van der Waals surface area contributed by atoms with Crippen molar-refractivity contribution in [1.29, 1.82) is 0 Å². The van der Waals surface area contributed by atoms with E-state index in [-0.39, 0.29) is 38.3 Å². The van der Waals surface area contributed by atoms with Gasteiger partial charge in [-0.1, -0.05) is 0 Å². The summed E-state index contributed by atoms with van der Waals surface area (Å²) in [5, 5.41) is -0.745. The molecule has 1 heterocycles. The molecule has 5 atom stereocenters. The third-order valence-electron chi connectivity index (χ3n) is 6.97. The summed E-state index contributed by atoms with van der Waals surface area (Å²) in [4.78, 5) is 53.0. The molecule has 0 saturated carbocycles. The van der Waals surface area contributed by atoms with E-state index in [2.05, 4.69) is 0 Å². The van der Waals surface area contributed by atoms with E-state index in [1.54, 1.807) is 121 Å². The van der Waals surface area contributed by atoms with Crippen molar-refractivity contribution in [1.82, 2.24) is 0 Å². The molecule has 0 unspecified atom stereocenters. The van der Waals surface area contributed by atoms with E-state index >= 15 is 0 Å². The molecule has 4 aromatic rings. The van der Waals surface area contributed by atoms with Crippen LogP contribution in [-0.4, -0.2) is 74.9 Å². The normalized spacial score (nSPS) is 20.8. The van der Waals surface area contributed by atoms with Crippen LogP contribution in [0.15, 0.2) is 121 Å². The van der Waals surface area contributed by atoms with Crippen molar-refractivity contribution in [3.63, 3.8) is 0 Å². The quantitative estimate of drug-likeness (QED) is 0.130. The molecule has 1 aliphatic heterocycles. The van der Waals surface area contributed by atoms with Crippen LogP contribution < -0.4 is 0 Å². The van der Waals surface area contributed by atoms with E-state index in [1.807, 2.05) is 5.82 Å². The number of ether oxygens (including phenoxy) is 5. The van der Waals surface area contributed by atoms with Gasteiger partial charge in [0.25, 0.3) is 0 Å². The Bertz CT molecular complexity index is 1580. The summed E-state index contributed by atoms with van der Waals surface area (Å²) in [7, 11) is 0. The van der Waals surface area contributed by atoms with Gasteiger partial charge in [0.2, 0.25) is 0 Å². The van der Waals surface area contributed by atoms with Crippen LogP contribution in [0, 0.1) is 0 Å². The van der Waals surface area contributed by atoms with E-state index < -0.39 is 53.3 Å².